The number of carbonyl (C=O) groups is 2. The van der Waals surface area contributed by atoms with Crippen molar-refractivity contribution in [1.29, 1.82) is 0 Å². The second-order valence-corrected chi connectivity index (χ2v) is 6.57. The SMILES string of the molecule is CCC(=O)N(C)c1ccc(Nc2ncc(C(N)=O)c(NC3CCC3)n2)cc1. The van der Waals surface area contributed by atoms with E-state index in [9.17, 15) is 9.59 Å². The molecule has 1 aliphatic rings. The molecule has 1 aromatic carbocycles. The number of benzene rings is 1. The number of nitrogens with one attached hydrogen (secondary N) is 2. The Balaban J connectivity index is 1.75. The fourth-order valence-electron chi connectivity index (χ4n) is 2.76. The molecule has 0 saturated heterocycles. The lowest BCUT2D eigenvalue weighted by Gasteiger charge is -2.27. The van der Waals surface area contributed by atoms with Gasteiger partial charge in [0.2, 0.25) is 11.9 Å². The highest BCUT2D eigenvalue weighted by Crippen LogP contribution is 2.25. The molecule has 8 nitrogen and oxygen atoms in total. The molecule has 0 atom stereocenters. The fourth-order valence-corrected chi connectivity index (χ4v) is 2.76. The minimum Gasteiger partial charge on any atom is -0.367 e. The topological polar surface area (TPSA) is 113 Å². The molecule has 1 saturated carbocycles. The van der Waals surface area contributed by atoms with Gasteiger partial charge in [0.05, 0.1) is 5.56 Å². The van der Waals surface area contributed by atoms with Crippen molar-refractivity contribution < 1.29 is 9.59 Å². The third kappa shape index (κ3) is 4.33. The van der Waals surface area contributed by atoms with Crippen LogP contribution < -0.4 is 21.3 Å². The summed E-state index contributed by atoms with van der Waals surface area (Å²) in [4.78, 5) is 33.6. The summed E-state index contributed by atoms with van der Waals surface area (Å²) in [5, 5.41) is 6.37. The van der Waals surface area contributed by atoms with E-state index in [1.54, 1.807) is 11.9 Å². The van der Waals surface area contributed by atoms with Gasteiger partial charge in [-0.25, -0.2) is 4.98 Å². The predicted molar refractivity (Wildman–Crippen MR) is 105 cm³/mol. The van der Waals surface area contributed by atoms with Gasteiger partial charge in [0.15, 0.2) is 0 Å². The predicted octanol–water partition coefficient (Wildman–Crippen LogP) is 2.66. The van der Waals surface area contributed by atoms with Crippen molar-refractivity contribution in [2.75, 3.05) is 22.6 Å². The first-order valence-electron chi connectivity index (χ1n) is 9.05. The Bertz CT molecular complexity index is 833. The van der Waals surface area contributed by atoms with Crippen LogP contribution in [0.5, 0.6) is 0 Å². The monoisotopic (exact) mass is 368 g/mol. The highest BCUT2D eigenvalue weighted by Gasteiger charge is 2.21. The molecule has 3 rings (SSSR count). The van der Waals surface area contributed by atoms with Gasteiger partial charge in [-0.1, -0.05) is 6.92 Å². The first-order valence-corrected chi connectivity index (χ1v) is 9.05. The molecule has 0 spiro atoms. The zero-order chi connectivity index (χ0) is 19.4. The minimum absolute atomic E-state index is 0.0489. The molecule has 0 aliphatic heterocycles. The van der Waals surface area contributed by atoms with E-state index in [1.165, 1.54) is 12.6 Å². The van der Waals surface area contributed by atoms with Crippen LogP contribution in [-0.2, 0) is 4.79 Å². The standard InChI is InChI=1S/C19H24N6O2/c1-3-16(26)25(2)14-9-7-13(8-10-14)23-19-21-11-15(17(20)27)18(24-19)22-12-5-4-6-12/h7-12H,3-6H2,1-2H3,(H2,20,27)(H2,21,22,23,24). The fraction of sp³-hybridized carbons (Fsp3) is 0.368. The van der Waals surface area contributed by atoms with Crippen LogP contribution >= 0.6 is 0 Å². The van der Waals surface area contributed by atoms with Gasteiger partial charge in [0.1, 0.15) is 5.82 Å². The van der Waals surface area contributed by atoms with E-state index in [2.05, 4.69) is 20.6 Å². The Kier molecular flexibility index (Phi) is 5.54. The number of hydrogen-bond donors (Lipinski definition) is 3. The number of anilines is 4. The second kappa shape index (κ2) is 8.03. The van der Waals surface area contributed by atoms with Crippen LogP contribution in [0.25, 0.3) is 0 Å². The van der Waals surface area contributed by atoms with Crippen LogP contribution in [0.15, 0.2) is 30.5 Å². The molecule has 1 aliphatic carbocycles. The molecule has 0 unspecified atom stereocenters. The van der Waals surface area contributed by atoms with Crippen molar-refractivity contribution in [2.45, 2.75) is 38.6 Å². The molecule has 4 N–H and O–H groups in total. The van der Waals surface area contributed by atoms with E-state index in [4.69, 9.17) is 5.73 Å². The van der Waals surface area contributed by atoms with Crippen LogP contribution in [0.1, 0.15) is 43.0 Å². The Morgan fingerprint density at radius 3 is 2.52 bits per heavy atom. The lowest BCUT2D eigenvalue weighted by atomic mass is 9.93. The summed E-state index contributed by atoms with van der Waals surface area (Å²) in [6.07, 6.45) is 5.15. The second-order valence-electron chi connectivity index (χ2n) is 6.57. The lowest BCUT2D eigenvalue weighted by Crippen LogP contribution is -2.29. The van der Waals surface area contributed by atoms with Gasteiger partial charge in [0, 0.05) is 37.1 Å². The van der Waals surface area contributed by atoms with Crippen LogP contribution in [0.4, 0.5) is 23.1 Å². The van der Waals surface area contributed by atoms with E-state index >= 15 is 0 Å². The van der Waals surface area contributed by atoms with Crippen LogP contribution in [0.2, 0.25) is 0 Å². The number of primary amides is 1. The van der Waals surface area contributed by atoms with Crippen molar-refractivity contribution >= 4 is 35.0 Å². The van der Waals surface area contributed by atoms with Crippen molar-refractivity contribution in [3.63, 3.8) is 0 Å². The molecule has 2 aromatic rings. The average molecular weight is 368 g/mol. The van der Waals surface area contributed by atoms with Gasteiger partial charge in [0.25, 0.3) is 5.91 Å². The van der Waals surface area contributed by atoms with Crippen LogP contribution in [0.3, 0.4) is 0 Å². The van der Waals surface area contributed by atoms with Crippen molar-refractivity contribution in [3.05, 3.63) is 36.0 Å². The summed E-state index contributed by atoms with van der Waals surface area (Å²) >= 11 is 0. The molecule has 1 aromatic heterocycles. The largest absolute Gasteiger partial charge is 0.367 e. The normalized spacial score (nSPS) is 13.6. The Morgan fingerprint density at radius 2 is 1.96 bits per heavy atom. The lowest BCUT2D eigenvalue weighted by molar-refractivity contribution is -0.118. The van der Waals surface area contributed by atoms with E-state index in [-0.39, 0.29) is 11.5 Å². The third-order valence-electron chi connectivity index (χ3n) is 4.69. The van der Waals surface area contributed by atoms with Gasteiger partial charge < -0.3 is 21.3 Å². The maximum Gasteiger partial charge on any atom is 0.254 e. The smallest absolute Gasteiger partial charge is 0.254 e. The maximum atomic E-state index is 11.8. The molecule has 8 heteroatoms. The zero-order valence-corrected chi connectivity index (χ0v) is 15.5. The maximum absolute atomic E-state index is 11.8. The summed E-state index contributed by atoms with van der Waals surface area (Å²) in [6, 6.07) is 7.71. The third-order valence-corrected chi connectivity index (χ3v) is 4.69. The number of amides is 2. The van der Waals surface area contributed by atoms with E-state index in [0.29, 0.717) is 24.2 Å². The number of carbonyl (C=O) groups excluding carboxylic acids is 2. The highest BCUT2D eigenvalue weighted by atomic mass is 16.2. The molecule has 142 valence electrons. The Hall–Kier alpha value is -3.16. The van der Waals surface area contributed by atoms with Gasteiger partial charge in [-0.2, -0.15) is 4.98 Å². The molecule has 1 fully saturated rings. The van der Waals surface area contributed by atoms with Gasteiger partial charge in [-0.05, 0) is 43.5 Å². The summed E-state index contributed by atoms with van der Waals surface area (Å²) in [7, 11) is 1.75. The molecular formula is C19H24N6O2. The van der Waals surface area contributed by atoms with Gasteiger partial charge in [-0.3, -0.25) is 9.59 Å². The van der Waals surface area contributed by atoms with Gasteiger partial charge >= 0.3 is 0 Å². The van der Waals surface area contributed by atoms with E-state index in [0.717, 1.165) is 24.2 Å². The number of aromatic nitrogens is 2. The van der Waals surface area contributed by atoms with Gasteiger partial charge in [-0.15, -0.1) is 0 Å². The Labute approximate surface area is 158 Å². The zero-order valence-electron chi connectivity index (χ0n) is 15.5. The summed E-state index contributed by atoms with van der Waals surface area (Å²) < 4.78 is 0. The molecule has 0 radical (unpaired) electrons. The number of hydrogen-bond acceptors (Lipinski definition) is 6. The van der Waals surface area contributed by atoms with Crippen molar-refractivity contribution in [1.82, 2.24) is 9.97 Å². The summed E-state index contributed by atoms with van der Waals surface area (Å²) in [6.45, 7) is 1.83. The molecule has 1 heterocycles. The van der Waals surface area contributed by atoms with Crippen molar-refractivity contribution in [2.24, 2.45) is 5.73 Å². The molecule has 0 bridgehead atoms. The number of nitrogens with two attached hydrogens (primary N) is 1. The number of nitrogens with zero attached hydrogens (tertiary/aromatic N) is 3. The quantitative estimate of drug-likeness (QED) is 0.692. The molecule has 27 heavy (non-hydrogen) atoms. The Morgan fingerprint density at radius 1 is 1.26 bits per heavy atom. The summed E-state index contributed by atoms with van der Waals surface area (Å²) in [5.41, 5.74) is 7.29. The minimum atomic E-state index is -0.559. The average Bonchev–Trinajstić information content (AvgIpc) is 2.64. The highest BCUT2D eigenvalue weighted by molar-refractivity contribution is 5.97. The first kappa shape index (κ1) is 18.6. The van der Waals surface area contributed by atoms with E-state index in [1.807, 2.05) is 31.2 Å². The van der Waals surface area contributed by atoms with Crippen molar-refractivity contribution in [3.8, 4) is 0 Å². The number of rotatable bonds is 7. The first-order chi connectivity index (χ1) is 13.0. The molecule has 2 amide bonds. The van der Waals surface area contributed by atoms with Crippen LogP contribution in [-0.4, -0.2) is 34.9 Å². The van der Waals surface area contributed by atoms with Crippen LogP contribution in [0, 0.1) is 0 Å². The molecular weight excluding hydrogens is 344 g/mol. The summed E-state index contributed by atoms with van der Waals surface area (Å²) in [5.74, 6) is 0.311. The van der Waals surface area contributed by atoms with E-state index < -0.39 is 5.91 Å².